The average molecular weight is 331 g/mol. The van der Waals surface area contributed by atoms with Crippen molar-refractivity contribution < 1.29 is 4.79 Å². The highest BCUT2D eigenvalue weighted by Gasteiger charge is 2.12. The lowest BCUT2D eigenvalue weighted by Crippen LogP contribution is -2.14. The Bertz CT molecular complexity index is 994. The van der Waals surface area contributed by atoms with Crippen LogP contribution in [0, 0.1) is 0 Å². The van der Waals surface area contributed by atoms with Crippen molar-refractivity contribution in [3.05, 3.63) is 79.3 Å². The van der Waals surface area contributed by atoms with Crippen molar-refractivity contribution in [2.45, 2.75) is 0 Å². The maximum atomic E-state index is 12.6. The Hall–Kier alpha value is -3.81. The zero-order chi connectivity index (χ0) is 17.1. The summed E-state index contributed by atoms with van der Waals surface area (Å²) in [5.41, 5.74) is 1.91. The number of hydrogen-bond donors (Lipinski definition) is 1. The molecule has 4 aromatic rings. The number of pyridine rings is 1. The van der Waals surface area contributed by atoms with Crippen LogP contribution < -0.4 is 5.32 Å². The Balaban J connectivity index is 1.63. The number of carbonyl (C=O) groups excluding carboxylic acids is 1. The zero-order valence-electron chi connectivity index (χ0n) is 13.0. The summed E-state index contributed by atoms with van der Waals surface area (Å²) in [6.45, 7) is 0. The van der Waals surface area contributed by atoms with Gasteiger partial charge in [0.25, 0.3) is 5.91 Å². The predicted octanol–water partition coefficient (Wildman–Crippen LogP) is 2.10. The summed E-state index contributed by atoms with van der Waals surface area (Å²) < 4.78 is 3.19. The molecule has 8 nitrogen and oxygen atoms in total. The van der Waals surface area contributed by atoms with Gasteiger partial charge in [-0.25, -0.2) is 19.3 Å². The molecule has 0 bridgehead atoms. The number of carbonyl (C=O) groups is 1. The van der Waals surface area contributed by atoms with Gasteiger partial charge in [-0.3, -0.25) is 4.79 Å². The normalized spacial score (nSPS) is 10.6. The summed E-state index contributed by atoms with van der Waals surface area (Å²) in [7, 11) is 0. The SMILES string of the molecule is O=C(Nc1ccccc1-n1cccn1)c1ccnc(-n2cncn2)c1. The minimum absolute atomic E-state index is 0.247. The molecule has 0 saturated carbocycles. The third-order valence-corrected chi connectivity index (χ3v) is 3.56. The first-order valence-electron chi connectivity index (χ1n) is 7.53. The minimum Gasteiger partial charge on any atom is -0.320 e. The summed E-state index contributed by atoms with van der Waals surface area (Å²) >= 11 is 0. The van der Waals surface area contributed by atoms with Gasteiger partial charge in [0.2, 0.25) is 0 Å². The molecule has 1 amide bonds. The molecule has 3 aromatic heterocycles. The molecule has 25 heavy (non-hydrogen) atoms. The van der Waals surface area contributed by atoms with E-state index >= 15 is 0 Å². The third kappa shape index (κ3) is 3.00. The van der Waals surface area contributed by atoms with Crippen molar-refractivity contribution in [1.82, 2.24) is 29.5 Å². The van der Waals surface area contributed by atoms with Crippen LogP contribution in [0.15, 0.2) is 73.7 Å². The van der Waals surface area contributed by atoms with Gasteiger partial charge in [0.1, 0.15) is 12.7 Å². The highest BCUT2D eigenvalue weighted by molar-refractivity contribution is 6.05. The van der Waals surface area contributed by atoms with E-state index in [-0.39, 0.29) is 5.91 Å². The summed E-state index contributed by atoms with van der Waals surface area (Å²) in [4.78, 5) is 20.7. The fraction of sp³-hybridized carbons (Fsp3) is 0. The topological polar surface area (TPSA) is 90.5 Å². The highest BCUT2D eigenvalue weighted by atomic mass is 16.1. The Morgan fingerprint density at radius 3 is 2.72 bits per heavy atom. The summed E-state index contributed by atoms with van der Waals surface area (Å²) in [5, 5.41) is 11.1. The lowest BCUT2D eigenvalue weighted by Gasteiger charge is -2.11. The maximum absolute atomic E-state index is 12.6. The van der Waals surface area contributed by atoms with Crippen LogP contribution in [-0.4, -0.2) is 35.4 Å². The molecule has 0 unspecified atom stereocenters. The number of para-hydroxylation sites is 2. The van der Waals surface area contributed by atoms with Gasteiger partial charge in [-0.15, -0.1) is 0 Å². The first-order valence-corrected chi connectivity index (χ1v) is 7.53. The Labute approximate surface area is 142 Å². The van der Waals surface area contributed by atoms with Crippen LogP contribution in [-0.2, 0) is 0 Å². The number of amides is 1. The van der Waals surface area contributed by atoms with Crippen molar-refractivity contribution in [1.29, 1.82) is 0 Å². The number of benzene rings is 1. The molecule has 0 atom stereocenters. The third-order valence-electron chi connectivity index (χ3n) is 3.56. The fourth-order valence-corrected chi connectivity index (χ4v) is 2.40. The van der Waals surface area contributed by atoms with Gasteiger partial charge in [-0.1, -0.05) is 12.1 Å². The van der Waals surface area contributed by atoms with E-state index in [9.17, 15) is 4.79 Å². The van der Waals surface area contributed by atoms with Crippen molar-refractivity contribution in [3.63, 3.8) is 0 Å². The highest BCUT2D eigenvalue weighted by Crippen LogP contribution is 2.20. The summed E-state index contributed by atoms with van der Waals surface area (Å²) in [6.07, 6.45) is 8.00. The second kappa shape index (κ2) is 6.36. The summed E-state index contributed by atoms with van der Waals surface area (Å²) in [6, 6.07) is 12.6. The smallest absolute Gasteiger partial charge is 0.255 e. The van der Waals surface area contributed by atoms with E-state index in [0.717, 1.165) is 5.69 Å². The lowest BCUT2D eigenvalue weighted by molar-refractivity contribution is 0.102. The first-order chi connectivity index (χ1) is 12.3. The molecule has 0 aliphatic carbocycles. The molecule has 0 aliphatic rings. The Kier molecular flexibility index (Phi) is 3.76. The molecule has 0 radical (unpaired) electrons. The minimum atomic E-state index is -0.247. The van der Waals surface area contributed by atoms with E-state index in [1.165, 1.54) is 17.3 Å². The van der Waals surface area contributed by atoms with E-state index < -0.39 is 0 Å². The molecular weight excluding hydrogens is 318 g/mol. The van der Waals surface area contributed by atoms with Crippen LogP contribution in [0.4, 0.5) is 5.69 Å². The number of aromatic nitrogens is 6. The van der Waals surface area contributed by atoms with Crippen LogP contribution in [0.1, 0.15) is 10.4 Å². The Morgan fingerprint density at radius 1 is 1.00 bits per heavy atom. The molecule has 122 valence electrons. The molecule has 8 heteroatoms. The van der Waals surface area contributed by atoms with Crippen molar-refractivity contribution in [2.75, 3.05) is 5.32 Å². The molecule has 1 N–H and O–H groups in total. The molecule has 3 heterocycles. The quantitative estimate of drug-likeness (QED) is 0.618. The zero-order valence-corrected chi connectivity index (χ0v) is 13.0. The van der Waals surface area contributed by atoms with Gasteiger partial charge in [0.15, 0.2) is 5.82 Å². The largest absolute Gasteiger partial charge is 0.320 e. The molecule has 0 saturated heterocycles. The molecule has 0 spiro atoms. The standard InChI is InChI=1S/C17H13N7O/c25-17(13-6-8-19-16(10-13)24-12-18-11-21-24)22-14-4-1-2-5-15(14)23-9-3-7-20-23/h1-12H,(H,22,25). The molecule has 0 fully saturated rings. The maximum Gasteiger partial charge on any atom is 0.255 e. The number of nitrogens with zero attached hydrogens (tertiary/aromatic N) is 6. The van der Waals surface area contributed by atoms with Crippen LogP contribution >= 0.6 is 0 Å². The van der Waals surface area contributed by atoms with E-state index in [2.05, 4.69) is 25.5 Å². The molecule has 0 aliphatic heterocycles. The monoisotopic (exact) mass is 331 g/mol. The number of anilines is 1. The van der Waals surface area contributed by atoms with E-state index in [1.54, 1.807) is 29.2 Å². The molecule has 1 aromatic carbocycles. The lowest BCUT2D eigenvalue weighted by atomic mass is 10.2. The van der Waals surface area contributed by atoms with E-state index in [4.69, 9.17) is 0 Å². The van der Waals surface area contributed by atoms with Gasteiger partial charge in [-0.2, -0.15) is 10.2 Å². The van der Waals surface area contributed by atoms with Gasteiger partial charge in [0.05, 0.1) is 11.4 Å². The number of nitrogens with one attached hydrogen (secondary N) is 1. The average Bonchev–Trinajstić information content (AvgIpc) is 3.36. The first kappa shape index (κ1) is 14.8. The van der Waals surface area contributed by atoms with Crippen LogP contribution in [0.25, 0.3) is 11.5 Å². The Morgan fingerprint density at radius 2 is 1.92 bits per heavy atom. The number of rotatable bonds is 4. The van der Waals surface area contributed by atoms with Crippen LogP contribution in [0.2, 0.25) is 0 Å². The van der Waals surface area contributed by atoms with E-state index in [1.807, 2.05) is 36.5 Å². The second-order valence-electron chi connectivity index (χ2n) is 5.16. The summed E-state index contributed by atoms with van der Waals surface area (Å²) in [5.74, 6) is 0.272. The predicted molar refractivity (Wildman–Crippen MR) is 90.7 cm³/mol. The second-order valence-corrected chi connectivity index (χ2v) is 5.16. The van der Waals surface area contributed by atoms with Gasteiger partial charge in [0, 0.05) is 24.2 Å². The molecule has 4 rings (SSSR count). The van der Waals surface area contributed by atoms with Gasteiger partial charge in [-0.05, 0) is 30.3 Å². The fourth-order valence-electron chi connectivity index (χ4n) is 2.40. The van der Waals surface area contributed by atoms with Crippen molar-refractivity contribution >= 4 is 11.6 Å². The van der Waals surface area contributed by atoms with Crippen molar-refractivity contribution in [2.24, 2.45) is 0 Å². The van der Waals surface area contributed by atoms with Crippen LogP contribution in [0.3, 0.4) is 0 Å². The molecular formula is C17H13N7O. The van der Waals surface area contributed by atoms with Gasteiger partial charge >= 0.3 is 0 Å². The van der Waals surface area contributed by atoms with Crippen LogP contribution in [0.5, 0.6) is 0 Å². The van der Waals surface area contributed by atoms with Gasteiger partial charge < -0.3 is 5.32 Å². The van der Waals surface area contributed by atoms with Crippen molar-refractivity contribution in [3.8, 4) is 11.5 Å². The number of hydrogen-bond acceptors (Lipinski definition) is 5. The van der Waals surface area contributed by atoms with E-state index in [0.29, 0.717) is 17.1 Å².